The van der Waals surface area contributed by atoms with Crippen LogP contribution >= 0.6 is 23.5 Å². The predicted molar refractivity (Wildman–Crippen MR) is 68.5 cm³/mol. The van der Waals surface area contributed by atoms with Crippen LogP contribution in [-0.2, 0) is 9.59 Å². The number of carbonyl (C=O) groups is 2. The van der Waals surface area contributed by atoms with Crippen LogP contribution < -0.4 is 22.5 Å². The van der Waals surface area contributed by atoms with Gasteiger partial charge in [-0.05, 0) is 13.8 Å². The molecule has 2 unspecified atom stereocenters. The predicted octanol–water partition coefficient (Wildman–Crippen LogP) is -0.790. The van der Waals surface area contributed by atoms with E-state index in [1.165, 1.54) is 23.5 Å². The van der Waals surface area contributed by atoms with Gasteiger partial charge in [0, 0.05) is 11.5 Å². The zero-order valence-electron chi connectivity index (χ0n) is 9.36. The minimum absolute atomic E-state index is 0.177. The Kier molecular flexibility index (Phi) is 8.44. The molecule has 94 valence electrons. The van der Waals surface area contributed by atoms with E-state index in [0.29, 0.717) is 0 Å². The molecule has 0 saturated carbocycles. The highest BCUT2D eigenvalue weighted by molar-refractivity contribution is 8.04. The number of nitrogens with two attached hydrogens (primary N) is 2. The van der Waals surface area contributed by atoms with E-state index in [1.54, 1.807) is 13.8 Å². The summed E-state index contributed by atoms with van der Waals surface area (Å²) in [6.07, 6.45) is 0. The van der Waals surface area contributed by atoms with Gasteiger partial charge in [-0.15, -0.1) is 23.5 Å². The highest BCUT2D eigenvalue weighted by Gasteiger charge is 2.13. The van der Waals surface area contributed by atoms with Gasteiger partial charge in [0.2, 0.25) is 11.8 Å². The van der Waals surface area contributed by atoms with Crippen LogP contribution in [-0.4, -0.2) is 33.8 Å². The fraction of sp³-hybridized carbons (Fsp3) is 0.750. The molecule has 2 atom stereocenters. The first-order valence-corrected chi connectivity index (χ1v) is 6.86. The van der Waals surface area contributed by atoms with Crippen molar-refractivity contribution in [1.29, 1.82) is 0 Å². The molecule has 0 radical (unpaired) electrons. The highest BCUT2D eigenvalue weighted by atomic mass is 32.2. The van der Waals surface area contributed by atoms with Crippen LogP contribution in [0.2, 0.25) is 0 Å². The van der Waals surface area contributed by atoms with Crippen molar-refractivity contribution in [2.24, 2.45) is 11.7 Å². The Bertz CT molecular complexity index is 216. The lowest BCUT2D eigenvalue weighted by Crippen LogP contribution is -2.37. The van der Waals surface area contributed by atoms with Crippen molar-refractivity contribution < 1.29 is 9.59 Å². The Morgan fingerprint density at radius 1 is 1.00 bits per heavy atom. The fourth-order valence-corrected chi connectivity index (χ4v) is 2.75. The normalized spacial score (nSPS) is 14.0. The largest absolute Gasteiger partial charge is 0.293 e. The van der Waals surface area contributed by atoms with Crippen LogP contribution in [0.4, 0.5) is 0 Å². The molecule has 0 aliphatic heterocycles. The maximum atomic E-state index is 11.1. The van der Waals surface area contributed by atoms with Crippen LogP contribution in [0.3, 0.4) is 0 Å². The van der Waals surface area contributed by atoms with Crippen LogP contribution in [0.5, 0.6) is 0 Å². The number of thioether (sulfide) groups is 2. The van der Waals surface area contributed by atoms with E-state index in [-0.39, 0.29) is 22.3 Å². The Labute approximate surface area is 104 Å². The maximum absolute atomic E-state index is 11.1. The summed E-state index contributed by atoms with van der Waals surface area (Å²) in [6, 6.07) is 0. The lowest BCUT2D eigenvalue weighted by Gasteiger charge is -2.11. The van der Waals surface area contributed by atoms with Gasteiger partial charge in [-0.2, -0.15) is 0 Å². The molecule has 0 heterocycles. The summed E-state index contributed by atoms with van der Waals surface area (Å²) in [5.74, 6) is 11.2. The first kappa shape index (κ1) is 15.6. The molecule has 0 bridgehead atoms. The number of hydrogen-bond donors (Lipinski definition) is 4. The molecule has 0 saturated heterocycles. The minimum Gasteiger partial charge on any atom is -0.293 e. The Balaban J connectivity index is 3.60. The molecular weight excluding hydrogens is 248 g/mol. The van der Waals surface area contributed by atoms with Crippen molar-refractivity contribution >= 4 is 35.3 Å². The Morgan fingerprint density at radius 2 is 1.31 bits per heavy atom. The molecule has 0 spiro atoms. The molecular formula is C8H18N4O2S2. The molecule has 0 rings (SSSR count). The van der Waals surface area contributed by atoms with Gasteiger partial charge in [-0.25, -0.2) is 11.7 Å². The number of amides is 2. The number of hydrazine groups is 2. The average Bonchev–Trinajstić information content (AvgIpc) is 2.31. The summed E-state index contributed by atoms with van der Waals surface area (Å²) in [5, 5.41) is -0.353. The lowest BCUT2D eigenvalue weighted by molar-refractivity contribution is -0.121. The van der Waals surface area contributed by atoms with Crippen molar-refractivity contribution in [1.82, 2.24) is 10.9 Å². The van der Waals surface area contributed by atoms with E-state index < -0.39 is 0 Å². The third-order valence-electron chi connectivity index (χ3n) is 1.84. The summed E-state index contributed by atoms with van der Waals surface area (Å²) < 4.78 is 0. The molecule has 0 aliphatic carbocycles. The van der Waals surface area contributed by atoms with Crippen molar-refractivity contribution in [2.45, 2.75) is 24.3 Å². The van der Waals surface area contributed by atoms with Gasteiger partial charge in [0.25, 0.3) is 0 Å². The number of hydrogen-bond acceptors (Lipinski definition) is 6. The minimum atomic E-state index is -0.192. The van der Waals surface area contributed by atoms with Crippen molar-refractivity contribution in [3.05, 3.63) is 0 Å². The Morgan fingerprint density at radius 3 is 1.56 bits per heavy atom. The van der Waals surface area contributed by atoms with E-state index in [2.05, 4.69) is 10.9 Å². The fourth-order valence-electron chi connectivity index (χ4n) is 0.836. The average molecular weight is 266 g/mol. The zero-order valence-corrected chi connectivity index (χ0v) is 11.0. The summed E-state index contributed by atoms with van der Waals surface area (Å²) in [7, 11) is 0. The summed E-state index contributed by atoms with van der Waals surface area (Å²) in [5.41, 5.74) is 4.19. The molecule has 6 nitrogen and oxygen atoms in total. The van der Waals surface area contributed by atoms with Crippen molar-refractivity contribution in [3.63, 3.8) is 0 Å². The molecule has 0 aromatic rings. The van der Waals surface area contributed by atoms with Crippen LogP contribution in [0.25, 0.3) is 0 Å². The number of carbonyl (C=O) groups excluding carboxylic acids is 2. The molecule has 0 fully saturated rings. The second-order valence-electron chi connectivity index (χ2n) is 3.04. The van der Waals surface area contributed by atoms with E-state index >= 15 is 0 Å². The Hall–Kier alpha value is -0.440. The summed E-state index contributed by atoms with van der Waals surface area (Å²) in [4.78, 5) is 22.1. The zero-order chi connectivity index (χ0) is 12.6. The molecule has 16 heavy (non-hydrogen) atoms. The first-order chi connectivity index (χ1) is 7.52. The second kappa shape index (κ2) is 8.68. The standard InChI is InChI=1S/C8H18N4O2S2/c1-5(7(13)11-9)15-3-4-16-6(2)8(14)12-10/h5-6H,3-4,9-10H2,1-2H3,(H,11,13)(H,12,14). The first-order valence-electron chi connectivity index (χ1n) is 4.77. The van der Waals surface area contributed by atoms with E-state index in [4.69, 9.17) is 11.7 Å². The highest BCUT2D eigenvalue weighted by Crippen LogP contribution is 2.16. The number of rotatable bonds is 7. The van der Waals surface area contributed by atoms with Gasteiger partial charge in [0.05, 0.1) is 10.5 Å². The van der Waals surface area contributed by atoms with E-state index in [9.17, 15) is 9.59 Å². The quantitative estimate of drug-likeness (QED) is 0.208. The molecule has 8 heteroatoms. The van der Waals surface area contributed by atoms with E-state index in [1.807, 2.05) is 0 Å². The van der Waals surface area contributed by atoms with Crippen LogP contribution in [0.1, 0.15) is 13.8 Å². The topological polar surface area (TPSA) is 110 Å². The van der Waals surface area contributed by atoms with Gasteiger partial charge in [-0.3, -0.25) is 20.4 Å². The molecule has 2 amide bonds. The second-order valence-corrected chi connectivity index (χ2v) is 5.94. The third-order valence-corrected chi connectivity index (χ3v) is 4.41. The van der Waals surface area contributed by atoms with Crippen LogP contribution in [0.15, 0.2) is 0 Å². The van der Waals surface area contributed by atoms with Crippen LogP contribution in [0, 0.1) is 0 Å². The van der Waals surface area contributed by atoms with Gasteiger partial charge < -0.3 is 0 Å². The SMILES string of the molecule is CC(SCCSC(C)C(=O)NN)C(=O)NN. The summed E-state index contributed by atoms with van der Waals surface area (Å²) >= 11 is 2.99. The third kappa shape index (κ3) is 6.21. The van der Waals surface area contributed by atoms with Gasteiger partial charge in [0.1, 0.15) is 0 Å². The smallest absolute Gasteiger partial charge is 0.246 e. The molecule has 0 aromatic heterocycles. The van der Waals surface area contributed by atoms with Crippen molar-refractivity contribution in [2.75, 3.05) is 11.5 Å². The maximum Gasteiger partial charge on any atom is 0.246 e. The molecule has 0 aliphatic rings. The van der Waals surface area contributed by atoms with Gasteiger partial charge in [-0.1, -0.05) is 0 Å². The molecule has 6 N–H and O–H groups in total. The lowest BCUT2D eigenvalue weighted by atomic mass is 10.5. The number of nitrogens with one attached hydrogen (secondary N) is 2. The summed E-state index contributed by atoms with van der Waals surface area (Å²) in [6.45, 7) is 3.57. The molecule has 0 aromatic carbocycles. The monoisotopic (exact) mass is 266 g/mol. The van der Waals surface area contributed by atoms with Gasteiger partial charge >= 0.3 is 0 Å². The van der Waals surface area contributed by atoms with Gasteiger partial charge in [0.15, 0.2) is 0 Å². The van der Waals surface area contributed by atoms with E-state index in [0.717, 1.165) is 11.5 Å². The van der Waals surface area contributed by atoms with Crippen molar-refractivity contribution in [3.8, 4) is 0 Å².